The van der Waals surface area contributed by atoms with Gasteiger partial charge in [0, 0.05) is 13.0 Å². The minimum atomic E-state index is -0.235. The van der Waals surface area contributed by atoms with Gasteiger partial charge in [-0.1, -0.05) is 19.1 Å². The van der Waals surface area contributed by atoms with E-state index in [-0.39, 0.29) is 5.72 Å². The summed E-state index contributed by atoms with van der Waals surface area (Å²) in [5.74, 6) is 1.49. The van der Waals surface area contributed by atoms with Crippen molar-refractivity contribution in [1.29, 1.82) is 0 Å². The Morgan fingerprint density at radius 1 is 1.41 bits per heavy atom. The molecular weight excluding hydrogens is 214 g/mol. The number of benzene rings is 1. The fourth-order valence-corrected chi connectivity index (χ4v) is 2.07. The van der Waals surface area contributed by atoms with Gasteiger partial charge in [0.15, 0.2) is 0 Å². The van der Waals surface area contributed by atoms with Gasteiger partial charge in [-0.15, -0.1) is 0 Å². The van der Waals surface area contributed by atoms with Crippen molar-refractivity contribution in [1.82, 2.24) is 5.32 Å². The third-order valence-electron chi connectivity index (χ3n) is 3.21. The highest BCUT2D eigenvalue weighted by Gasteiger charge is 2.29. The molecule has 0 amide bonds. The Hall–Kier alpha value is -1.06. The average molecular weight is 235 g/mol. The highest BCUT2D eigenvalue weighted by Crippen LogP contribution is 2.21. The maximum Gasteiger partial charge on any atom is 0.120 e. The summed E-state index contributed by atoms with van der Waals surface area (Å²) in [5, 5.41) is 3.47. The van der Waals surface area contributed by atoms with Gasteiger partial charge in [-0.05, 0) is 30.5 Å². The van der Waals surface area contributed by atoms with Crippen molar-refractivity contribution in [2.75, 3.05) is 20.3 Å². The molecule has 2 rings (SSSR count). The van der Waals surface area contributed by atoms with E-state index in [1.807, 2.05) is 12.1 Å². The van der Waals surface area contributed by atoms with Crippen LogP contribution in [0.3, 0.4) is 0 Å². The molecule has 3 heteroatoms. The number of rotatable bonds is 3. The van der Waals surface area contributed by atoms with Gasteiger partial charge in [-0.2, -0.15) is 0 Å². The summed E-state index contributed by atoms with van der Waals surface area (Å²) in [4.78, 5) is 0. The molecule has 1 aromatic carbocycles. The van der Waals surface area contributed by atoms with E-state index in [4.69, 9.17) is 9.47 Å². The van der Waals surface area contributed by atoms with E-state index in [1.165, 1.54) is 5.56 Å². The molecule has 94 valence electrons. The zero-order valence-electron chi connectivity index (χ0n) is 10.8. The number of ether oxygens (including phenoxy) is 2. The maximum absolute atomic E-state index is 5.90. The molecule has 0 saturated carbocycles. The molecule has 1 aromatic rings. The lowest BCUT2D eigenvalue weighted by atomic mass is 10.0. The topological polar surface area (TPSA) is 30.5 Å². The van der Waals surface area contributed by atoms with E-state index in [1.54, 1.807) is 7.11 Å². The van der Waals surface area contributed by atoms with Crippen molar-refractivity contribution >= 4 is 0 Å². The van der Waals surface area contributed by atoms with Crippen LogP contribution in [0.15, 0.2) is 24.3 Å². The second kappa shape index (κ2) is 5.07. The number of methoxy groups -OCH3 is 1. The van der Waals surface area contributed by atoms with E-state index in [9.17, 15) is 0 Å². The predicted octanol–water partition coefficient (Wildman–Crippen LogP) is 2.21. The van der Waals surface area contributed by atoms with E-state index in [0.717, 1.165) is 25.3 Å². The van der Waals surface area contributed by atoms with E-state index in [0.29, 0.717) is 5.92 Å². The Kier molecular flexibility index (Phi) is 3.69. The van der Waals surface area contributed by atoms with Crippen molar-refractivity contribution < 1.29 is 9.47 Å². The Bertz CT molecular complexity index is 353. The number of hydrogen-bond donors (Lipinski definition) is 1. The standard InChI is InChI=1S/C14H21NO2/c1-11-9-15-14(2,17-10-11)8-12-4-6-13(16-3)7-5-12/h4-7,11,15H,8-10H2,1-3H3. The molecule has 3 nitrogen and oxygen atoms in total. The van der Waals surface area contributed by atoms with Gasteiger partial charge >= 0.3 is 0 Å². The molecule has 1 fully saturated rings. The first-order valence-electron chi connectivity index (χ1n) is 6.13. The summed E-state index contributed by atoms with van der Waals surface area (Å²) >= 11 is 0. The smallest absolute Gasteiger partial charge is 0.120 e. The lowest BCUT2D eigenvalue weighted by Crippen LogP contribution is -2.53. The second-order valence-corrected chi connectivity index (χ2v) is 5.05. The summed E-state index contributed by atoms with van der Waals surface area (Å²) in [6.07, 6.45) is 0.879. The highest BCUT2D eigenvalue weighted by atomic mass is 16.5. The van der Waals surface area contributed by atoms with E-state index < -0.39 is 0 Å². The van der Waals surface area contributed by atoms with Gasteiger partial charge in [0.1, 0.15) is 11.5 Å². The normalized spacial score (nSPS) is 29.0. The molecule has 1 heterocycles. The van der Waals surface area contributed by atoms with Crippen molar-refractivity contribution in [3.8, 4) is 5.75 Å². The fourth-order valence-electron chi connectivity index (χ4n) is 2.07. The van der Waals surface area contributed by atoms with Gasteiger partial charge in [-0.3, -0.25) is 5.32 Å². The summed E-state index contributed by atoms with van der Waals surface area (Å²) < 4.78 is 11.0. The maximum atomic E-state index is 5.90. The lowest BCUT2D eigenvalue weighted by Gasteiger charge is -2.38. The molecule has 0 radical (unpaired) electrons. The summed E-state index contributed by atoms with van der Waals surface area (Å²) in [7, 11) is 1.68. The second-order valence-electron chi connectivity index (χ2n) is 5.05. The molecule has 0 bridgehead atoms. The van der Waals surface area contributed by atoms with Gasteiger partial charge in [0.05, 0.1) is 13.7 Å². The molecule has 1 aliphatic rings. The third-order valence-corrected chi connectivity index (χ3v) is 3.21. The van der Waals surface area contributed by atoms with Gasteiger partial charge in [-0.25, -0.2) is 0 Å². The quantitative estimate of drug-likeness (QED) is 0.871. The molecule has 0 aromatic heterocycles. The molecule has 1 saturated heterocycles. The van der Waals surface area contributed by atoms with Crippen molar-refractivity contribution in [3.63, 3.8) is 0 Å². The molecule has 2 atom stereocenters. The van der Waals surface area contributed by atoms with Crippen molar-refractivity contribution in [2.45, 2.75) is 26.0 Å². The average Bonchev–Trinajstić information content (AvgIpc) is 2.34. The largest absolute Gasteiger partial charge is 0.497 e. The Morgan fingerprint density at radius 2 is 2.12 bits per heavy atom. The molecule has 1 N–H and O–H groups in total. The van der Waals surface area contributed by atoms with Crippen LogP contribution in [-0.4, -0.2) is 26.0 Å². The minimum absolute atomic E-state index is 0.235. The fraction of sp³-hybridized carbons (Fsp3) is 0.571. The van der Waals surface area contributed by atoms with Crippen LogP contribution in [0.2, 0.25) is 0 Å². The highest BCUT2D eigenvalue weighted by molar-refractivity contribution is 5.28. The summed E-state index contributed by atoms with van der Waals surface area (Å²) in [6, 6.07) is 8.16. The van der Waals surface area contributed by atoms with Crippen LogP contribution in [0.4, 0.5) is 0 Å². The number of hydrogen-bond acceptors (Lipinski definition) is 3. The van der Waals surface area contributed by atoms with Gasteiger partial charge < -0.3 is 9.47 Å². The molecule has 0 spiro atoms. The Morgan fingerprint density at radius 3 is 2.65 bits per heavy atom. The SMILES string of the molecule is COc1ccc(CC2(C)NCC(C)CO2)cc1. The Balaban J connectivity index is 1.99. The zero-order chi connectivity index (χ0) is 12.3. The van der Waals surface area contributed by atoms with E-state index >= 15 is 0 Å². The van der Waals surface area contributed by atoms with Crippen molar-refractivity contribution in [3.05, 3.63) is 29.8 Å². The summed E-state index contributed by atoms with van der Waals surface area (Å²) in [6.45, 7) is 6.16. The first-order chi connectivity index (χ1) is 8.11. The van der Waals surface area contributed by atoms with Crippen LogP contribution < -0.4 is 10.1 Å². The Labute approximate surface area is 103 Å². The zero-order valence-corrected chi connectivity index (χ0v) is 10.8. The molecule has 2 unspecified atom stereocenters. The van der Waals surface area contributed by atoms with Gasteiger partial charge in [0.2, 0.25) is 0 Å². The molecule has 0 aliphatic carbocycles. The van der Waals surface area contributed by atoms with Crippen LogP contribution in [0.5, 0.6) is 5.75 Å². The van der Waals surface area contributed by atoms with Crippen LogP contribution in [0, 0.1) is 5.92 Å². The minimum Gasteiger partial charge on any atom is -0.497 e. The van der Waals surface area contributed by atoms with Crippen LogP contribution in [0.1, 0.15) is 19.4 Å². The van der Waals surface area contributed by atoms with Gasteiger partial charge in [0.25, 0.3) is 0 Å². The molecule has 1 aliphatic heterocycles. The number of nitrogens with one attached hydrogen (secondary N) is 1. The monoisotopic (exact) mass is 235 g/mol. The first-order valence-corrected chi connectivity index (χ1v) is 6.13. The lowest BCUT2D eigenvalue weighted by molar-refractivity contribution is -0.0997. The van der Waals surface area contributed by atoms with Crippen molar-refractivity contribution in [2.24, 2.45) is 5.92 Å². The summed E-state index contributed by atoms with van der Waals surface area (Å²) in [5.41, 5.74) is 1.02. The first kappa shape index (κ1) is 12.4. The molecular formula is C14H21NO2. The molecule has 17 heavy (non-hydrogen) atoms. The van der Waals surface area contributed by atoms with Crippen LogP contribution >= 0.6 is 0 Å². The third kappa shape index (κ3) is 3.20. The van der Waals surface area contributed by atoms with Crippen LogP contribution in [-0.2, 0) is 11.2 Å². The van der Waals surface area contributed by atoms with E-state index in [2.05, 4.69) is 31.3 Å². The van der Waals surface area contributed by atoms with Crippen LogP contribution in [0.25, 0.3) is 0 Å². The predicted molar refractivity (Wildman–Crippen MR) is 68.2 cm³/mol.